The summed E-state index contributed by atoms with van der Waals surface area (Å²) in [6.45, 7) is 9.73. The molecule has 112 valence electrons. The number of nitrogens with one attached hydrogen (secondary N) is 1. The van der Waals surface area contributed by atoms with Crippen molar-refractivity contribution in [3.8, 4) is 0 Å². The van der Waals surface area contributed by atoms with Crippen molar-refractivity contribution in [2.45, 2.75) is 66.0 Å². The van der Waals surface area contributed by atoms with Crippen molar-refractivity contribution in [3.05, 3.63) is 0 Å². The lowest BCUT2D eigenvalue weighted by atomic mass is 9.96. The van der Waals surface area contributed by atoms with E-state index < -0.39 is 5.97 Å². The molecule has 2 N–H and O–H groups in total. The summed E-state index contributed by atoms with van der Waals surface area (Å²) >= 11 is 0. The molecule has 0 rings (SSSR count). The zero-order chi connectivity index (χ0) is 15.0. The Labute approximate surface area is 116 Å². The first-order valence-corrected chi connectivity index (χ1v) is 7.16. The van der Waals surface area contributed by atoms with Gasteiger partial charge in [-0.2, -0.15) is 0 Å². The maximum absolute atomic E-state index is 12.2. The SMILES string of the molecule is CCC(CC)C(C)NC(=O)N(CC(=O)O)C(C)CC. The summed E-state index contributed by atoms with van der Waals surface area (Å²) in [6.07, 6.45) is 2.74. The Morgan fingerprint density at radius 1 is 1.11 bits per heavy atom. The van der Waals surface area contributed by atoms with Crippen molar-refractivity contribution < 1.29 is 14.7 Å². The fourth-order valence-corrected chi connectivity index (χ4v) is 2.19. The third-order valence-electron chi connectivity index (χ3n) is 3.80. The highest BCUT2D eigenvalue weighted by atomic mass is 16.4. The van der Waals surface area contributed by atoms with Gasteiger partial charge in [-0.3, -0.25) is 4.79 Å². The van der Waals surface area contributed by atoms with Gasteiger partial charge < -0.3 is 15.3 Å². The van der Waals surface area contributed by atoms with Crippen molar-refractivity contribution in [1.82, 2.24) is 10.2 Å². The first kappa shape index (κ1) is 17.7. The number of hydrogen-bond acceptors (Lipinski definition) is 2. The van der Waals surface area contributed by atoms with Crippen LogP contribution in [0.25, 0.3) is 0 Å². The topological polar surface area (TPSA) is 69.6 Å². The number of carboxylic acid groups (broad SMARTS) is 1. The van der Waals surface area contributed by atoms with E-state index in [1.54, 1.807) is 0 Å². The van der Waals surface area contributed by atoms with Crippen molar-refractivity contribution in [1.29, 1.82) is 0 Å². The minimum absolute atomic E-state index is 0.0582. The molecule has 0 aromatic rings. The summed E-state index contributed by atoms with van der Waals surface area (Å²) < 4.78 is 0. The molecule has 0 heterocycles. The summed E-state index contributed by atoms with van der Waals surface area (Å²) in [7, 11) is 0. The normalized spacial score (nSPS) is 14.0. The maximum atomic E-state index is 12.2. The molecular formula is C14H28N2O3. The second-order valence-electron chi connectivity index (χ2n) is 5.09. The number of rotatable bonds is 8. The third-order valence-corrected chi connectivity index (χ3v) is 3.80. The first-order chi connectivity index (χ1) is 8.87. The van der Waals surface area contributed by atoms with E-state index in [1.807, 2.05) is 20.8 Å². The molecule has 0 radical (unpaired) electrons. The molecule has 2 unspecified atom stereocenters. The second-order valence-corrected chi connectivity index (χ2v) is 5.09. The van der Waals surface area contributed by atoms with Gasteiger partial charge in [-0.05, 0) is 26.2 Å². The van der Waals surface area contributed by atoms with Gasteiger partial charge in [0.05, 0.1) is 0 Å². The fourth-order valence-electron chi connectivity index (χ4n) is 2.19. The Morgan fingerprint density at radius 3 is 2.00 bits per heavy atom. The molecule has 0 spiro atoms. The number of carbonyl (C=O) groups excluding carboxylic acids is 1. The van der Waals surface area contributed by atoms with E-state index >= 15 is 0 Å². The molecule has 0 aliphatic heterocycles. The highest BCUT2D eigenvalue weighted by Gasteiger charge is 2.24. The van der Waals surface area contributed by atoms with Crippen LogP contribution in [-0.2, 0) is 4.79 Å². The number of hydrogen-bond donors (Lipinski definition) is 2. The Bertz CT molecular complexity index is 290. The largest absolute Gasteiger partial charge is 0.480 e. The number of amides is 2. The molecule has 0 aliphatic carbocycles. The van der Waals surface area contributed by atoms with Crippen LogP contribution in [0.3, 0.4) is 0 Å². The molecule has 2 atom stereocenters. The number of nitrogens with zero attached hydrogens (tertiary/aromatic N) is 1. The van der Waals surface area contributed by atoms with Gasteiger partial charge >= 0.3 is 12.0 Å². The molecule has 0 saturated carbocycles. The zero-order valence-electron chi connectivity index (χ0n) is 12.8. The summed E-state index contributed by atoms with van der Waals surface area (Å²) in [5.41, 5.74) is 0. The lowest BCUT2D eigenvalue weighted by molar-refractivity contribution is -0.138. The lowest BCUT2D eigenvalue weighted by Crippen LogP contribution is -2.51. The van der Waals surface area contributed by atoms with Crippen LogP contribution < -0.4 is 5.32 Å². The van der Waals surface area contributed by atoms with Crippen LogP contribution in [0.1, 0.15) is 53.9 Å². The van der Waals surface area contributed by atoms with Crippen molar-refractivity contribution in [3.63, 3.8) is 0 Å². The molecule has 0 saturated heterocycles. The zero-order valence-corrected chi connectivity index (χ0v) is 12.8. The summed E-state index contributed by atoms with van der Waals surface area (Å²) in [4.78, 5) is 24.4. The highest BCUT2D eigenvalue weighted by molar-refractivity contribution is 5.80. The van der Waals surface area contributed by atoms with E-state index in [0.29, 0.717) is 5.92 Å². The molecular weight excluding hydrogens is 244 g/mol. The molecule has 19 heavy (non-hydrogen) atoms. The van der Waals surface area contributed by atoms with Gasteiger partial charge in [0, 0.05) is 12.1 Å². The summed E-state index contributed by atoms with van der Waals surface area (Å²) in [5.74, 6) is -0.557. The van der Waals surface area contributed by atoms with Crippen LogP contribution in [0.4, 0.5) is 4.79 Å². The van der Waals surface area contributed by atoms with E-state index in [0.717, 1.165) is 19.3 Å². The van der Waals surface area contributed by atoms with Gasteiger partial charge in [0.25, 0.3) is 0 Å². The van der Waals surface area contributed by atoms with Crippen LogP contribution in [-0.4, -0.2) is 40.6 Å². The van der Waals surface area contributed by atoms with Crippen LogP contribution >= 0.6 is 0 Å². The van der Waals surface area contributed by atoms with Crippen molar-refractivity contribution in [2.24, 2.45) is 5.92 Å². The quantitative estimate of drug-likeness (QED) is 0.713. The molecule has 0 aromatic carbocycles. The maximum Gasteiger partial charge on any atom is 0.323 e. The number of urea groups is 1. The Morgan fingerprint density at radius 2 is 1.63 bits per heavy atom. The van der Waals surface area contributed by atoms with Gasteiger partial charge in [0.2, 0.25) is 0 Å². The number of carboxylic acids is 1. The number of carbonyl (C=O) groups is 2. The average Bonchev–Trinajstić information content (AvgIpc) is 2.36. The fraction of sp³-hybridized carbons (Fsp3) is 0.857. The van der Waals surface area contributed by atoms with E-state index in [-0.39, 0.29) is 24.7 Å². The molecule has 5 heteroatoms. The summed E-state index contributed by atoms with van der Waals surface area (Å²) in [6, 6.07) is -0.302. The van der Waals surface area contributed by atoms with Crippen LogP contribution in [0.5, 0.6) is 0 Å². The smallest absolute Gasteiger partial charge is 0.323 e. The molecule has 0 bridgehead atoms. The van der Waals surface area contributed by atoms with Crippen LogP contribution in [0.2, 0.25) is 0 Å². The third kappa shape index (κ3) is 5.94. The highest BCUT2D eigenvalue weighted by Crippen LogP contribution is 2.13. The van der Waals surface area contributed by atoms with Crippen LogP contribution in [0, 0.1) is 5.92 Å². The minimum atomic E-state index is -0.981. The molecule has 2 amide bonds. The minimum Gasteiger partial charge on any atom is -0.480 e. The standard InChI is InChI=1S/C14H28N2O3/c1-6-10(4)16(9-13(17)18)14(19)15-11(5)12(7-2)8-3/h10-12H,6-9H2,1-5H3,(H,15,19)(H,17,18). The average molecular weight is 272 g/mol. The van der Waals surface area contributed by atoms with Crippen LogP contribution in [0.15, 0.2) is 0 Å². The van der Waals surface area contributed by atoms with Gasteiger partial charge in [0.15, 0.2) is 0 Å². The lowest BCUT2D eigenvalue weighted by Gasteiger charge is -2.30. The first-order valence-electron chi connectivity index (χ1n) is 7.16. The summed E-state index contributed by atoms with van der Waals surface area (Å²) in [5, 5.41) is 11.8. The van der Waals surface area contributed by atoms with E-state index in [4.69, 9.17) is 5.11 Å². The van der Waals surface area contributed by atoms with E-state index in [1.165, 1.54) is 4.90 Å². The van der Waals surface area contributed by atoms with E-state index in [9.17, 15) is 9.59 Å². The van der Waals surface area contributed by atoms with Crippen molar-refractivity contribution in [2.75, 3.05) is 6.54 Å². The van der Waals surface area contributed by atoms with Gasteiger partial charge in [-0.1, -0.05) is 33.6 Å². The van der Waals surface area contributed by atoms with Gasteiger partial charge in [0.1, 0.15) is 6.54 Å². The predicted molar refractivity (Wildman–Crippen MR) is 76.2 cm³/mol. The Hall–Kier alpha value is -1.26. The monoisotopic (exact) mass is 272 g/mol. The second kappa shape index (κ2) is 8.77. The van der Waals surface area contributed by atoms with Gasteiger partial charge in [-0.25, -0.2) is 4.79 Å². The molecule has 0 fully saturated rings. The molecule has 0 aliphatic rings. The number of aliphatic carboxylic acids is 1. The van der Waals surface area contributed by atoms with Gasteiger partial charge in [-0.15, -0.1) is 0 Å². The Balaban J connectivity index is 4.67. The molecule has 5 nitrogen and oxygen atoms in total. The predicted octanol–water partition coefficient (Wildman–Crippen LogP) is 2.71. The van der Waals surface area contributed by atoms with E-state index in [2.05, 4.69) is 19.2 Å². The molecule has 0 aromatic heterocycles. The Kier molecular flexibility index (Phi) is 8.19. The van der Waals surface area contributed by atoms with Crippen molar-refractivity contribution >= 4 is 12.0 Å².